The first kappa shape index (κ1) is 22.2. The topological polar surface area (TPSA) is 55.7 Å². The second-order valence-corrected chi connectivity index (χ2v) is 10.7. The molecule has 0 bridgehead atoms. The van der Waals surface area contributed by atoms with Gasteiger partial charge in [0.25, 0.3) is 0 Å². The molecule has 7 nitrogen and oxygen atoms in total. The van der Waals surface area contributed by atoms with Gasteiger partial charge in [-0.05, 0) is 69.0 Å². The van der Waals surface area contributed by atoms with Crippen LogP contribution in [0.4, 0.5) is 5.69 Å². The summed E-state index contributed by atoms with van der Waals surface area (Å²) >= 11 is 0. The third-order valence-corrected chi connectivity index (χ3v) is 7.26. The Labute approximate surface area is 187 Å². The zero-order valence-electron chi connectivity index (χ0n) is 20.1. The van der Waals surface area contributed by atoms with Gasteiger partial charge in [-0.3, -0.25) is 0 Å². The van der Waals surface area contributed by atoms with Crippen LogP contribution in [0.1, 0.15) is 70.3 Å². The maximum Gasteiger partial charge on any atom is 0.214 e. The van der Waals surface area contributed by atoms with E-state index >= 15 is 0 Å². The van der Waals surface area contributed by atoms with Crippen LogP contribution in [-0.4, -0.2) is 66.5 Å². The summed E-state index contributed by atoms with van der Waals surface area (Å²) in [6.07, 6.45) is 7.12. The molecule has 1 aliphatic carbocycles. The monoisotopic (exact) mass is 427 g/mol. The highest BCUT2D eigenvalue weighted by Crippen LogP contribution is 2.24. The van der Waals surface area contributed by atoms with Gasteiger partial charge in [-0.25, -0.2) is 4.68 Å². The van der Waals surface area contributed by atoms with Crippen LogP contribution in [0.3, 0.4) is 0 Å². The first-order chi connectivity index (χ1) is 14.8. The van der Waals surface area contributed by atoms with E-state index in [1.165, 1.54) is 69.5 Å². The minimum Gasteiger partial charge on any atom is -0.378 e. The van der Waals surface area contributed by atoms with Crippen LogP contribution >= 0.6 is 0 Å². The Hall–Kier alpha value is -1.99. The molecule has 2 aromatic rings. The summed E-state index contributed by atoms with van der Waals surface area (Å²) in [5, 5.41) is 13.1. The first-order valence-corrected chi connectivity index (χ1v) is 12.1. The van der Waals surface area contributed by atoms with Crippen LogP contribution in [0, 0.1) is 0 Å². The van der Waals surface area contributed by atoms with Crippen LogP contribution in [0.5, 0.6) is 0 Å². The number of anilines is 1. The predicted octanol–water partition coefficient (Wildman–Crippen LogP) is 0.700. The quantitative estimate of drug-likeness (QED) is 0.738. The molecule has 2 fully saturated rings. The molecule has 1 aromatic carbocycles. The van der Waals surface area contributed by atoms with Crippen LogP contribution < -0.4 is 14.7 Å². The molecule has 1 atom stereocenters. The molecule has 1 aliphatic heterocycles. The molecule has 0 spiro atoms. The second kappa shape index (κ2) is 9.25. The number of nitrogens with zero attached hydrogens (tertiary/aromatic N) is 5. The van der Waals surface area contributed by atoms with Crippen molar-refractivity contribution in [1.29, 1.82) is 0 Å². The molecule has 0 amide bonds. The van der Waals surface area contributed by atoms with E-state index in [-0.39, 0.29) is 11.6 Å². The largest absolute Gasteiger partial charge is 0.378 e. The lowest BCUT2D eigenvalue weighted by atomic mass is 9.93. The minimum absolute atomic E-state index is 0.144. The van der Waals surface area contributed by atoms with Crippen molar-refractivity contribution in [3.63, 3.8) is 0 Å². The highest BCUT2D eigenvalue weighted by atomic mass is 15.6. The number of rotatable bonds is 5. The molecular weight excluding hydrogens is 386 g/mol. The summed E-state index contributed by atoms with van der Waals surface area (Å²) in [5.41, 5.74) is 2.39. The third kappa shape index (κ3) is 4.93. The van der Waals surface area contributed by atoms with Crippen molar-refractivity contribution in [3.8, 4) is 0 Å². The summed E-state index contributed by atoms with van der Waals surface area (Å²) in [7, 11) is 4.18. The number of piperazine rings is 1. The molecule has 31 heavy (non-hydrogen) atoms. The van der Waals surface area contributed by atoms with Crippen LogP contribution in [0.15, 0.2) is 24.3 Å². The highest BCUT2D eigenvalue weighted by molar-refractivity contribution is 5.46. The molecule has 0 radical (unpaired) electrons. The molecule has 4 rings (SSSR count). The normalized spacial score (nSPS) is 24.2. The van der Waals surface area contributed by atoms with E-state index in [1.54, 1.807) is 4.90 Å². The highest BCUT2D eigenvalue weighted by Gasteiger charge is 2.39. The van der Waals surface area contributed by atoms with Crippen LogP contribution in [0.2, 0.25) is 0 Å². The van der Waals surface area contributed by atoms with Gasteiger partial charge in [0.05, 0.1) is 11.6 Å². The van der Waals surface area contributed by atoms with Crippen molar-refractivity contribution < 1.29 is 9.80 Å². The summed E-state index contributed by atoms with van der Waals surface area (Å²) < 4.78 is 2.03. The third-order valence-electron chi connectivity index (χ3n) is 7.26. The summed E-state index contributed by atoms with van der Waals surface area (Å²) in [5.74, 6) is 0.987. The molecule has 2 heterocycles. The van der Waals surface area contributed by atoms with Crippen LogP contribution in [-0.2, 0) is 5.54 Å². The van der Waals surface area contributed by atoms with Gasteiger partial charge in [-0.2, -0.15) is 0 Å². The summed E-state index contributed by atoms with van der Waals surface area (Å²) in [6, 6.07) is 10.0. The Kier molecular flexibility index (Phi) is 6.63. The Balaban J connectivity index is 1.60. The fourth-order valence-electron chi connectivity index (χ4n) is 5.48. The number of hydrogen-bond donors (Lipinski definition) is 2. The van der Waals surface area contributed by atoms with Gasteiger partial charge in [-0.15, -0.1) is 5.10 Å². The van der Waals surface area contributed by atoms with Gasteiger partial charge in [0.2, 0.25) is 5.82 Å². The molecular formula is C24H41N7+2. The lowest BCUT2D eigenvalue weighted by molar-refractivity contribution is -1.03. The lowest BCUT2D eigenvalue weighted by Crippen LogP contribution is -3.29. The zero-order chi connectivity index (χ0) is 22.0. The molecule has 2 aliphatic rings. The van der Waals surface area contributed by atoms with Crippen molar-refractivity contribution >= 4 is 5.69 Å². The molecule has 0 unspecified atom stereocenters. The Morgan fingerprint density at radius 1 is 0.968 bits per heavy atom. The number of tetrazole rings is 1. The molecule has 170 valence electrons. The van der Waals surface area contributed by atoms with E-state index < -0.39 is 0 Å². The van der Waals surface area contributed by atoms with Crippen molar-refractivity contribution in [2.45, 2.75) is 70.5 Å². The van der Waals surface area contributed by atoms with E-state index in [4.69, 9.17) is 0 Å². The Bertz CT molecular complexity index is 822. The predicted molar refractivity (Wildman–Crippen MR) is 124 cm³/mol. The van der Waals surface area contributed by atoms with Crippen molar-refractivity contribution in [2.24, 2.45) is 0 Å². The fourth-order valence-corrected chi connectivity index (χ4v) is 5.48. The number of nitrogens with one attached hydrogen (secondary N) is 2. The number of aromatic nitrogens is 4. The van der Waals surface area contributed by atoms with Gasteiger partial charge in [0.15, 0.2) is 6.04 Å². The summed E-state index contributed by atoms with van der Waals surface area (Å²) in [4.78, 5) is 5.58. The van der Waals surface area contributed by atoms with E-state index in [9.17, 15) is 0 Å². The lowest BCUT2D eigenvalue weighted by Gasteiger charge is -2.39. The fraction of sp³-hybridized carbons (Fsp3) is 0.708. The van der Waals surface area contributed by atoms with Gasteiger partial charge in [0.1, 0.15) is 26.2 Å². The van der Waals surface area contributed by atoms with Crippen LogP contribution in [0.25, 0.3) is 0 Å². The Morgan fingerprint density at radius 2 is 1.61 bits per heavy atom. The number of benzene rings is 1. The van der Waals surface area contributed by atoms with E-state index in [0.29, 0.717) is 0 Å². The van der Waals surface area contributed by atoms with Crippen molar-refractivity contribution in [3.05, 3.63) is 35.7 Å². The molecule has 1 saturated heterocycles. The van der Waals surface area contributed by atoms with E-state index in [0.717, 1.165) is 11.9 Å². The van der Waals surface area contributed by atoms with Gasteiger partial charge < -0.3 is 14.7 Å². The maximum absolute atomic E-state index is 4.56. The minimum atomic E-state index is -0.144. The van der Waals surface area contributed by atoms with Gasteiger partial charge in [-0.1, -0.05) is 18.6 Å². The average Bonchev–Trinajstić information content (AvgIpc) is 3.25. The van der Waals surface area contributed by atoms with E-state index in [2.05, 4.69) is 79.6 Å². The van der Waals surface area contributed by atoms with Gasteiger partial charge >= 0.3 is 0 Å². The molecule has 1 aromatic heterocycles. The van der Waals surface area contributed by atoms with Crippen molar-refractivity contribution in [1.82, 2.24) is 20.2 Å². The standard InChI is InChI=1S/C24H39N7/c1-24(2,3)31-23(25-26-27-31)22(19-11-13-20(14-12-19)28(4)5)30-17-15-29(16-18-30)21-9-7-6-8-10-21/h11-14,21-22H,6-10,15-18H2,1-5H3/p+2/t22-/m1/s1. The maximum atomic E-state index is 4.56. The van der Waals surface area contributed by atoms with Gasteiger partial charge in [0, 0.05) is 25.3 Å². The zero-order valence-corrected chi connectivity index (χ0v) is 20.1. The summed E-state index contributed by atoms with van der Waals surface area (Å²) in [6.45, 7) is 11.4. The molecule has 7 heteroatoms. The second-order valence-electron chi connectivity index (χ2n) is 10.7. The smallest absolute Gasteiger partial charge is 0.214 e. The average molecular weight is 428 g/mol. The van der Waals surface area contributed by atoms with Crippen molar-refractivity contribution in [2.75, 3.05) is 45.2 Å². The number of quaternary nitrogens is 2. The Morgan fingerprint density at radius 3 is 2.19 bits per heavy atom. The van der Waals surface area contributed by atoms with E-state index in [1.807, 2.05) is 9.58 Å². The number of hydrogen-bond acceptors (Lipinski definition) is 4. The molecule has 2 N–H and O–H groups in total. The SMILES string of the molecule is CN(C)c1ccc([C@H](c2nnnn2C(C)(C)C)[NH+]2CC[NH+](C3CCCCC3)CC2)cc1. The molecule has 1 saturated carbocycles. The first-order valence-electron chi connectivity index (χ1n) is 12.1.